The van der Waals surface area contributed by atoms with Gasteiger partial charge in [-0.1, -0.05) is 39.7 Å². The smallest absolute Gasteiger partial charge is 0.167 e. The van der Waals surface area contributed by atoms with Gasteiger partial charge in [-0.2, -0.15) is 0 Å². The molecule has 5 heteroatoms. The van der Waals surface area contributed by atoms with Crippen LogP contribution in [0, 0.1) is 5.82 Å². The SMILES string of the molecule is O=C(Cc1ccc(F)cc1Br)c1ccc(Br)c(Cl)c1. The van der Waals surface area contributed by atoms with Crippen molar-refractivity contribution in [3.63, 3.8) is 0 Å². The van der Waals surface area contributed by atoms with Crippen molar-refractivity contribution < 1.29 is 9.18 Å². The third-order valence-corrected chi connectivity index (χ3v) is 4.58. The van der Waals surface area contributed by atoms with E-state index < -0.39 is 0 Å². The van der Waals surface area contributed by atoms with Crippen LogP contribution < -0.4 is 0 Å². The van der Waals surface area contributed by atoms with Gasteiger partial charge in [0.1, 0.15) is 5.82 Å². The third-order valence-electron chi connectivity index (χ3n) is 2.61. The molecule has 0 spiro atoms. The molecule has 2 aromatic rings. The highest BCUT2D eigenvalue weighted by Crippen LogP contribution is 2.25. The minimum absolute atomic E-state index is 0.0679. The topological polar surface area (TPSA) is 17.1 Å². The third kappa shape index (κ3) is 3.65. The first-order chi connectivity index (χ1) is 8.97. The molecule has 0 aromatic heterocycles. The highest BCUT2D eigenvalue weighted by molar-refractivity contribution is 9.10. The predicted octanol–water partition coefficient (Wildman–Crippen LogP) is 5.43. The lowest BCUT2D eigenvalue weighted by Crippen LogP contribution is -2.04. The lowest BCUT2D eigenvalue weighted by atomic mass is 10.0. The molecule has 0 fully saturated rings. The Morgan fingerprint density at radius 3 is 2.47 bits per heavy atom. The van der Waals surface area contributed by atoms with Crippen LogP contribution in [0.5, 0.6) is 0 Å². The van der Waals surface area contributed by atoms with E-state index in [1.807, 2.05) is 0 Å². The molecule has 0 aliphatic rings. The molecule has 2 aromatic carbocycles. The fraction of sp³-hybridized carbons (Fsp3) is 0.0714. The number of carbonyl (C=O) groups is 1. The molecule has 0 N–H and O–H groups in total. The number of hydrogen-bond acceptors (Lipinski definition) is 1. The van der Waals surface area contributed by atoms with E-state index in [-0.39, 0.29) is 18.0 Å². The quantitative estimate of drug-likeness (QED) is 0.621. The van der Waals surface area contributed by atoms with E-state index in [1.165, 1.54) is 12.1 Å². The zero-order valence-corrected chi connectivity index (χ0v) is 13.5. The largest absolute Gasteiger partial charge is 0.294 e. The highest BCUT2D eigenvalue weighted by atomic mass is 79.9. The molecule has 0 atom stereocenters. The number of carbonyl (C=O) groups excluding carboxylic acids is 1. The molecule has 0 amide bonds. The summed E-state index contributed by atoms with van der Waals surface area (Å²) in [4.78, 5) is 12.1. The molecule has 0 saturated heterocycles. The number of benzene rings is 2. The molecule has 19 heavy (non-hydrogen) atoms. The monoisotopic (exact) mass is 404 g/mol. The Labute approximate surface area is 132 Å². The van der Waals surface area contributed by atoms with Crippen LogP contribution >= 0.6 is 43.5 Å². The van der Waals surface area contributed by atoms with E-state index in [1.54, 1.807) is 24.3 Å². The Hall–Kier alpha value is -0.710. The Bertz CT molecular complexity index is 643. The molecule has 0 radical (unpaired) electrons. The molecule has 0 aliphatic carbocycles. The van der Waals surface area contributed by atoms with Crippen LogP contribution in [0.2, 0.25) is 5.02 Å². The fourth-order valence-electron chi connectivity index (χ4n) is 1.61. The molecule has 0 bridgehead atoms. The molecular formula is C14H8Br2ClFO. The molecule has 2 rings (SSSR count). The van der Waals surface area contributed by atoms with E-state index in [9.17, 15) is 9.18 Å². The van der Waals surface area contributed by atoms with Crippen molar-refractivity contribution >= 4 is 49.2 Å². The van der Waals surface area contributed by atoms with Gasteiger partial charge in [0, 0.05) is 20.9 Å². The van der Waals surface area contributed by atoms with Crippen molar-refractivity contribution in [2.75, 3.05) is 0 Å². The van der Waals surface area contributed by atoms with Gasteiger partial charge < -0.3 is 0 Å². The Balaban J connectivity index is 2.23. The fourth-order valence-corrected chi connectivity index (χ4v) is 2.53. The maximum absolute atomic E-state index is 13.0. The van der Waals surface area contributed by atoms with E-state index in [0.717, 1.165) is 10.0 Å². The van der Waals surface area contributed by atoms with Crippen LogP contribution in [0.4, 0.5) is 4.39 Å². The van der Waals surface area contributed by atoms with Crippen molar-refractivity contribution in [3.8, 4) is 0 Å². The van der Waals surface area contributed by atoms with Gasteiger partial charge in [0.05, 0.1) is 5.02 Å². The number of hydrogen-bond donors (Lipinski definition) is 0. The number of Topliss-reactive ketones (excluding diaryl/α,β-unsaturated/α-hetero) is 1. The average molecular weight is 406 g/mol. The summed E-state index contributed by atoms with van der Waals surface area (Å²) < 4.78 is 14.3. The van der Waals surface area contributed by atoms with Crippen molar-refractivity contribution in [1.29, 1.82) is 0 Å². The second-order valence-corrected chi connectivity index (χ2v) is 6.08. The van der Waals surface area contributed by atoms with Gasteiger partial charge >= 0.3 is 0 Å². The first kappa shape index (κ1) is 14.7. The normalized spacial score (nSPS) is 10.5. The van der Waals surface area contributed by atoms with Crippen molar-refractivity contribution in [2.24, 2.45) is 0 Å². The molecule has 0 unspecified atom stereocenters. The van der Waals surface area contributed by atoms with Crippen LogP contribution in [-0.2, 0) is 6.42 Å². The maximum Gasteiger partial charge on any atom is 0.167 e. The molecule has 0 heterocycles. The summed E-state index contributed by atoms with van der Waals surface area (Å²) >= 11 is 12.5. The minimum atomic E-state index is -0.338. The van der Waals surface area contributed by atoms with E-state index >= 15 is 0 Å². The van der Waals surface area contributed by atoms with Gasteiger partial charge in [0.25, 0.3) is 0 Å². The van der Waals surface area contributed by atoms with Crippen molar-refractivity contribution in [1.82, 2.24) is 0 Å². The molecule has 98 valence electrons. The summed E-state index contributed by atoms with van der Waals surface area (Å²) in [5, 5.41) is 0.490. The van der Waals surface area contributed by atoms with E-state index in [4.69, 9.17) is 11.6 Å². The second kappa shape index (κ2) is 6.16. The lowest BCUT2D eigenvalue weighted by molar-refractivity contribution is 0.0992. The maximum atomic E-state index is 13.0. The minimum Gasteiger partial charge on any atom is -0.294 e. The first-order valence-corrected chi connectivity index (χ1v) is 7.36. The van der Waals surface area contributed by atoms with Crippen LogP contribution in [0.1, 0.15) is 15.9 Å². The molecule has 1 nitrogen and oxygen atoms in total. The van der Waals surface area contributed by atoms with Crippen LogP contribution in [0.3, 0.4) is 0 Å². The zero-order chi connectivity index (χ0) is 14.0. The Kier molecular flexibility index (Phi) is 4.76. The average Bonchev–Trinajstić information content (AvgIpc) is 2.36. The summed E-state index contributed by atoms with van der Waals surface area (Å²) in [6.45, 7) is 0. The predicted molar refractivity (Wildman–Crippen MR) is 81.3 cm³/mol. The number of ketones is 1. The number of rotatable bonds is 3. The van der Waals surface area contributed by atoms with E-state index in [2.05, 4.69) is 31.9 Å². The van der Waals surface area contributed by atoms with Gasteiger partial charge in [-0.15, -0.1) is 0 Å². The summed E-state index contributed by atoms with van der Waals surface area (Å²) in [6, 6.07) is 9.33. The summed E-state index contributed by atoms with van der Waals surface area (Å²) in [7, 11) is 0. The van der Waals surface area contributed by atoms with Crippen LogP contribution in [0.15, 0.2) is 45.3 Å². The van der Waals surface area contributed by atoms with Crippen LogP contribution in [0.25, 0.3) is 0 Å². The highest BCUT2D eigenvalue weighted by Gasteiger charge is 2.11. The molecule has 0 saturated carbocycles. The Morgan fingerprint density at radius 1 is 1.11 bits per heavy atom. The molecular weight excluding hydrogens is 398 g/mol. The van der Waals surface area contributed by atoms with Gasteiger partial charge in [-0.05, 0) is 45.8 Å². The van der Waals surface area contributed by atoms with Gasteiger partial charge in [-0.25, -0.2) is 4.39 Å². The summed E-state index contributed by atoms with van der Waals surface area (Å²) in [5.41, 5.74) is 1.27. The van der Waals surface area contributed by atoms with Crippen molar-refractivity contribution in [3.05, 3.63) is 67.3 Å². The van der Waals surface area contributed by atoms with Crippen molar-refractivity contribution in [2.45, 2.75) is 6.42 Å². The standard InChI is InChI=1S/C14H8Br2ClFO/c15-11-4-2-9(5-13(11)17)14(19)6-8-1-3-10(18)7-12(8)16/h1-5,7H,6H2. The van der Waals surface area contributed by atoms with E-state index in [0.29, 0.717) is 15.1 Å². The first-order valence-electron chi connectivity index (χ1n) is 5.39. The number of halogens is 4. The van der Waals surface area contributed by atoms with Gasteiger partial charge in [-0.3, -0.25) is 4.79 Å². The lowest BCUT2D eigenvalue weighted by Gasteiger charge is -2.05. The zero-order valence-electron chi connectivity index (χ0n) is 9.59. The van der Waals surface area contributed by atoms with Crippen LogP contribution in [-0.4, -0.2) is 5.78 Å². The van der Waals surface area contributed by atoms with Gasteiger partial charge in [0.15, 0.2) is 5.78 Å². The van der Waals surface area contributed by atoms with Gasteiger partial charge in [0.2, 0.25) is 0 Å². The second-order valence-electron chi connectivity index (χ2n) is 3.96. The molecule has 0 aliphatic heterocycles. The Morgan fingerprint density at radius 2 is 1.84 bits per heavy atom. The summed E-state index contributed by atoms with van der Waals surface area (Å²) in [6.07, 6.45) is 0.193. The summed E-state index contributed by atoms with van der Waals surface area (Å²) in [5.74, 6) is -0.406.